The first-order chi connectivity index (χ1) is 9.93. The monoisotopic (exact) mass is 291 g/mol. The Balaban J connectivity index is 2.89. The van der Waals surface area contributed by atoms with Gasteiger partial charge in [-0.05, 0) is 17.4 Å². The summed E-state index contributed by atoms with van der Waals surface area (Å²) in [6.07, 6.45) is 0. The number of benzene rings is 1. The molecule has 118 valence electrons. The zero-order chi connectivity index (χ0) is 15.8. The van der Waals surface area contributed by atoms with Crippen LogP contribution in [0.1, 0.15) is 39.2 Å². The van der Waals surface area contributed by atoms with Crippen molar-refractivity contribution in [2.24, 2.45) is 17.7 Å². The molecule has 3 N–H and O–H groups in total. The van der Waals surface area contributed by atoms with Crippen molar-refractivity contribution in [1.29, 1.82) is 0 Å². The third-order valence-electron chi connectivity index (χ3n) is 3.35. The first kappa shape index (κ1) is 17.7. The summed E-state index contributed by atoms with van der Waals surface area (Å²) < 4.78 is 0. The van der Waals surface area contributed by atoms with Crippen LogP contribution in [0.2, 0.25) is 0 Å². The Bertz CT molecular complexity index is 407. The summed E-state index contributed by atoms with van der Waals surface area (Å²) in [5.74, 6) is 6.16. The highest BCUT2D eigenvalue weighted by molar-refractivity contribution is 5.83. The highest BCUT2D eigenvalue weighted by atomic mass is 16.2. The summed E-state index contributed by atoms with van der Waals surface area (Å²) in [7, 11) is 0. The molecule has 1 amide bonds. The van der Waals surface area contributed by atoms with Crippen LogP contribution in [-0.4, -0.2) is 30.4 Å². The van der Waals surface area contributed by atoms with E-state index in [1.165, 1.54) is 0 Å². The second kappa shape index (κ2) is 8.80. The SMILES string of the molecule is CC(C)CN(CC(C)C)CC(C(=O)NN)c1ccccc1. The highest BCUT2D eigenvalue weighted by Crippen LogP contribution is 2.18. The van der Waals surface area contributed by atoms with Crippen LogP contribution in [0.5, 0.6) is 0 Å². The predicted molar refractivity (Wildman–Crippen MR) is 87.6 cm³/mol. The van der Waals surface area contributed by atoms with Crippen LogP contribution < -0.4 is 11.3 Å². The van der Waals surface area contributed by atoms with Crippen LogP contribution in [0.15, 0.2) is 30.3 Å². The van der Waals surface area contributed by atoms with Crippen LogP contribution in [0.25, 0.3) is 0 Å². The largest absolute Gasteiger partial charge is 0.302 e. The van der Waals surface area contributed by atoms with E-state index in [1.54, 1.807) is 0 Å². The van der Waals surface area contributed by atoms with Gasteiger partial charge in [0.05, 0.1) is 5.92 Å². The normalized spacial score (nSPS) is 13.0. The summed E-state index contributed by atoms with van der Waals surface area (Å²) in [6.45, 7) is 11.5. The second-order valence-corrected chi connectivity index (χ2v) is 6.48. The summed E-state index contributed by atoms with van der Waals surface area (Å²) in [5.41, 5.74) is 3.32. The van der Waals surface area contributed by atoms with Gasteiger partial charge in [0.1, 0.15) is 0 Å². The Kier molecular flexibility index (Phi) is 7.40. The van der Waals surface area contributed by atoms with Crippen LogP contribution in [-0.2, 0) is 4.79 Å². The molecule has 0 aliphatic rings. The Morgan fingerprint density at radius 1 is 1.05 bits per heavy atom. The van der Waals surface area contributed by atoms with Gasteiger partial charge in [-0.1, -0.05) is 58.0 Å². The fourth-order valence-electron chi connectivity index (χ4n) is 2.64. The lowest BCUT2D eigenvalue weighted by atomic mass is 9.97. The van der Waals surface area contributed by atoms with Gasteiger partial charge in [-0.25, -0.2) is 5.84 Å². The van der Waals surface area contributed by atoms with Gasteiger partial charge < -0.3 is 4.90 Å². The molecule has 0 spiro atoms. The number of nitrogens with two attached hydrogens (primary N) is 1. The van der Waals surface area contributed by atoms with Gasteiger partial charge in [-0.3, -0.25) is 10.2 Å². The summed E-state index contributed by atoms with van der Waals surface area (Å²) in [5, 5.41) is 0. The fraction of sp³-hybridized carbons (Fsp3) is 0.588. The minimum Gasteiger partial charge on any atom is -0.302 e. The number of amides is 1. The highest BCUT2D eigenvalue weighted by Gasteiger charge is 2.23. The Labute approximate surface area is 128 Å². The molecule has 4 heteroatoms. The van der Waals surface area contributed by atoms with Crippen LogP contribution in [0.4, 0.5) is 0 Å². The first-order valence-corrected chi connectivity index (χ1v) is 7.71. The van der Waals surface area contributed by atoms with E-state index >= 15 is 0 Å². The Morgan fingerprint density at radius 3 is 2.00 bits per heavy atom. The lowest BCUT2D eigenvalue weighted by Gasteiger charge is -2.29. The summed E-state index contributed by atoms with van der Waals surface area (Å²) >= 11 is 0. The van der Waals surface area contributed by atoms with Crippen molar-refractivity contribution in [1.82, 2.24) is 10.3 Å². The lowest BCUT2D eigenvalue weighted by molar-refractivity contribution is -0.123. The van der Waals surface area contributed by atoms with Gasteiger partial charge in [0, 0.05) is 19.6 Å². The molecule has 0 fully saturated rings. The van der Waals surface area contributed by atoms with Crippen molar-refractivity contribution in [3.8, 4) is 0 Å². The number of hydrazine groups is 1. The Hall–Kier alpha value is -1.39. The van der Waals surface area contributed by atoms with E-state index in [1.807, 2.05) is 30.3 Å². The van der Waals surface area contributed by atoms with E-state index in [9.17, 15) is 4.79 Å². The van der Waals surface area contributed by atoms with E-state index in [2.05, 4.69) is 38.0 Å². The molecule has 0 saturated heterocycles. The molecule has 1 atom stereocenters. The maximum atomic E-state index is 12.2. The number of carbonyl (C=O) groups excluding carboxylic acids is 1. The van der Waals surface area contributed by atoms with Gasteiger partial charge in [0.2, 0.25) is 5.91 Å². The molecule has 1 rings (SSSR count). The zero-order valence-electron chi connectivity index (χ0n) is 13.7. The van der Waals surface area contributed by atoms with Crippen LogP contribution in [0, 0.1) is 11.8 Å². The molecule has 0 aromatic heterocycles. The van der Waals surface area contributed by atoms with E-state index < -0.39 is 0 Å². The standard InChI is InChI=1S/C17H29N3O/c1-13(2)10-20(11-14(3)4)12-16(17(21)19-18)15-8-6-5-7-9-15/h5-9,13-14,16H,10-12,18H2,1-4H3,(H,19,21). The van der Waals surface area contributed by atoms with Gasteiger partial charge in [-0.15, -0.1) is 0 Å². The van der Waals surface area contributed by atoms with Crippen molar-refractivity contribution in [2.75, 3.05) is 19.6 Å². The number of hydrogen-bond donors (Lipinski definition) is 2. The minimum atomic E-state index is -0.228. The number of hydrogen-bond acceptors (Lipinski definition) is 3. The second-order valence-electron chi connectivity index (χ2n) is 6.48. The maximum absolute atomic E-state index is 12.2. The third kappa shape index (κ3) is 6.27. The molecule has 1 unspecified atom stereocenters. The summed E-state index contributed by atoms with van der Waals surface area (Å²) in [6, 6.07) is 9.86. The van der Waals surface area contributed by atoms with Crippen molar-refractivity contribution >= 4 is 5.91 Å². The van der Waals surface area contributed by atoms with Crippen molar-refractivity contribution < 1.29 is 4.79 Å². The van der Waals surface area contributed by atoms with Crippen molar-refractivity contribution in [2.45, 2.75) is 33.6 Å². The topological polar surface area (TPSA) is 58.4 Å². The van der Waals surface area contributed by atoms with Crippen LogP contribution >= 0.6 is 0 Å². The van der Waals surface area contributed by atoms with Gasteiger partial charge >= 0.3 is 0 Å². The minimum absolute atomic E-state index is 0.126. The molecule has 0 aliphatic heterocycles. The summed E-state index contributed by atoms with van der Waals surface area (Å²) in [4.78, 5) is 14.5. The fourth-order valence-corrected chi connectivity index (χ4v) is 2.64. The number of carbonyl (C=O) groups is 1. The average molecular weight is 291 g/mol. The third-order valence-corrected chi connectivity index (χ3v) is 3.35. The molecule has 1 aromatic carbocycles. The van der Waals surface area contributed by atoms with Crippen molar-refractivity contribution in [3.63, 3.8) is 0 Å². The number of nitrogens with zero attached hydrogens (tertiary/aromatic N) is 1. The first-order valence-electron chi connectivity index (χ1n) is 7.71. The molecule has 1 aromatic rings. The Morgan fingerprint density at radius 2 is 1.57 bits per heavy atom. The average Bonchev–Trinajstić information content (AvgIpc) is 2.43. The van der Waals surface area contributed by atoms with E-state index in [0.717, 1.165) is 18.7 Å². The predicted octanol–water partition coefficient (Wildman–Crippen LogP) is 2.37. The number of nitrogens with one attached hydrogen (secondary N) is 1. The molecule has 0 bridgehead atoms. The molecular weight excluding hydrogens is 262 g/mol. The maximum Gasteiger partial charge on any atom is 0.242 e. The van der Waals surface area contributed by atoms with E-state index in [4.69, 9.17) is 5.84 Å². The molecule has 0 aliphatic carbocycles. The number of rotatable bonds is 8. The van der Waals surface area contributed by atoms with E-state index in [0.29, 0.717) is 18.4 Å². The molecule has 0 radical (unpaired) electrons. The lowest BCUT2D eigenvalue weighted by Crippen LogP contribution is -2.42. The molecule has 4 nitrogen and oxygen atoms in total. The molecule has 0 heterocycles. The molecule has 0 saturated carbocycles. The quantitative estimate of drug-likeness (QED) is 0.439. The zero-order valence-corrected chi connectivity index (χ0v) is 13.7. The van der Waals surface area contributed by atoms with Gasteiger partial charge in [-0.2, -0.15) is 0 Å². The molecular formula is C17H29N3O. The van der Waals surface area contributed by atoms with Gasteiger partial charge in [0.25, 0.3) is 0 Å². The smallest absolute Gasteiger partial charge is 0.242 e. The van der Waals surface area contributed by atoms with Gasteiger partial charge in [0.15, 0.2) is 0 Å². The van der Waals surface area contributed by atoms with Crippen LogP contribution in [0.3, 0.4) is 0 Å². The van der Waals surface area contributed by atoms with E-state index in [-0.39, 0.29) is 11.8 Å². The van der Waals surface area contributed by atoms with Crippen molar-refractivity contribution in [3.05, 3.63) is 35.9 Å². The molecule has 21 heavy (non-hydrogen) atoms.